The van der Waals surface area contributed by atoms with Gasteiger partial charge in [-0.05, 0) is 36.5 Å². The molecule has 1 aliphatic carbocycles. The van der Waals surface area contributed by atoms with Crippen molar-refractivity contribution in [1.82, 2.24) is 0 Å². The Morgan fingerprint density at radius 2 is 0.900 bits per heavy atom. The third-order valence-electron chi connectivity index (χ3n) is 5.65. The van der Waals surface area contributed by atoms with Gasteiger partial charge in [0.15, 0.2) is 0 Å². The lowest BCUT2D eigenvalue weighted by molar-refractivity contribution is -0.176. The first-order valence-electron chi connectivity index (χ1n) is 7.27. The monoisotopic (exact) mass is 284 g/mol. The van der Waals surface area contributed by atoms with E-state index in [1.165, 1.54) is 0 Å². The summed E-state index contributed by atoms with van der Waals surface area (Å²) in [6, 6.07) is 0. The van der Waals surface area contributed by atoms with E-state index in [1.807, 2.05) is 41.5 Å². The van der Waals surface area contributed by atoms with E-state index in [4.69, 9.17) is 0 Å². The summed E-state index contributed by atoms with van der Waals surface area (Å²) in [5.74, 6) is -1.59. The zero-order valence-electron chi connectivity index (χ0n) is 13.5. The van der Waals surface area contributed by atoms with Crippen LogP contribution in [0.4, 0.5) is 0 Å². The molecular formula is C16H28O4. The van der Waals surface area contributed by atoms with Gasteiger partial charge in [-0.15, -0.1) is 0 Å². The summed E-state index contributed by atoms with van der Waals surface area (Å²) in [6.45, 7) is 11.6. The van der Waals surface area contributed by atoms with Gasteiger partial charge in [-0.1, -0.05) is 41.5 Å². The zero-order chi connectivity index (χ0) is 16.0. The molecule has 1 fully saturated rings. The summed E-state index contributed by atoms with van der Waals surface area (Å²) in [5, 5.41) is 19.4. The van der Waals surface area contributed by atoms with Gasteiger partial charge in [0.05, 0.1) is 10.8 Å². The molecule has 0 spiro atoms. The van der Waals surface area contributed by atoms with Crippen LogP contribution in [0.5, 0.6) is 0 Å². The first kappa shape index (κ1) is 17.0. The Balaban J connectivity index is 3.17. The third kappa shape index (κ3) is 2.33. The van der Waals surface area contributed by atoms with Crippen LogP contribution in [0.15, 0.2) is 0 Å². The van der Waals surface area contributed by atoms with Crippen LogP contribution in [0.1, 0.15) is 67.2 Å². The number of carboxylic acids is 2. The zero-order valence-corrected chi connectivity index (χ0v) is 13.5. The maximum atomic E-state index is 11.8. The van der Waals surface area contributed by atoms with Crippen molar-refractivity contribution in [3.8, 4) is 0 Å². The summed E-state index contributed by atoms with van der Waals surface area (Å²) in [6.07, 6.45) is 1.70. The van der Waals surface area contributed by atoms with E-state index in [-0.39, 0.29) is 10.8 Å². The molecule has 1 aliphatic rings. The topological polar surface area (TPSA) is 74.6 Å². The minimum absolute atomic E-state index is 0.374. The second kappa shape index (κ2) is 4.74. The first-order chi connectivity index (χ1) is 8.80. The van der Waals surface area contributed by atoms with E-state index >= 15 is 0 Å². The van der Waals surface area contributed by atoms with Crippen molar-refractivity contribution in [1.29, 1.82) is 0 Å². The van der Waals surface area contributed by atoms with Gasteiger partial charge in [-0.3, -0.25) is 9.59 Å². The largest absolute Gasteiger partial charge is 0.481 e. The average Bonchev–Trinajstić information content (AvgIpc) is 2.25. The second-order valence-electron chi connectivity index (χ2n) is 8.27. The van der Waals surface area contributed by atoms with Crippen LogP contribution in [0, 0.1) is 21.7 Å². The van der Waals surface area contributed by atoms with Crippen molar-refractivity contribution in [3.05, 3.63) is 0 Å². The number of rotatable bonds is 2. The molecule has 1 saturated carbocycles. The molecule has 0 bridgehead atoms. The third-order valence-corrected chi connectivity index (χ3v) is 5.65. The molecule has 1 rings (SSSR count). The Labute approximate surface area is 121 Å². The molecule has 0 saturated heterocycles. The van der Waals surface area contributed by atoms with Crippen LogP contribution in [0.25, 0.3) is 0 Å². The maximum Gasteiger partial charge on any atom is 0.310 e. The normalized spacial score (nSPS) is 31.9. The van der Waals surface area contributed by atoms with Gasteiger partial charge in [0.1, 0.15) is 0 Å². The molecule has 4 nitrogen and oxygen atoms in total. The summed E-state index contributed by atoms with van der Waals surface area (Å²) in [5.41, 5.74) is -2.39. The van der Waals surface area contributed by atoms with Gasteiger partial charge in [0, 0.05) is 0 Å². The molecular weight excluding hydrogens is 256 g/mol. The van der Waals surface area contributed by atoms with E-state index in [2.05, 4.69) is 0 Å². The molecule has 116 valence electrons. The van der Waals surface area contributed by atoms with Crippen molar-refractivity contribution in [3.63, 3.8) is 0 Å². The lowest BCUT2D eigenvalue weighted by atomic mass is 9.50. The minimum atomic E-state index is -0.822. The van der Waals surface area contributed by atoms with Gasteiger partial charge in [-0.25, -0.2) is 0 Å². The fraction of sp³-hybridized carbons (Fsp3) is 0.875. The summed E-state index contributed by atoms with van der Waals surface area (Å²) < 4.78 is 0. The van der Waals surface area contributed by atoms with Gasteiger partial charge < -0.3 is 10.2 Å². The highest BCUT2D eigenvalue weighted by Crippen LogP contribution is 2.59. The SMILES string of the molecule is CC(C)(C)C1(C(=O)O)CCC(C(=O)O)(C(C)(C)C)CC1. The van der Waals surface area contributed by atoms with Gasteiger partial charge in [0.2, 0.25) is 0 Å². The van der Waals surface area contributed by atoms with Crippen LogP contribution in [-0.2, 0) is 9.59 Å². The molecule has 0 aromatic heterocycles. The molecule has 0 radical (unpaired) electrons. The van der Waals surface area contributed by atoms with Crippen LogP contribution in [-0.4, -0.2) is 22.2 Å². The number of hydrogen-bond acceptors (Lipinski definition) is 2. The molecule has 0 aliphatic heterocycles. The predicted molar refractivity (Wildman–Crippen MR) is 77.5 cm³/mol. The van der Waals surface area contributed by atoms with E-state index in [9.17, 15) is 19.8 Å². The molecule has 0 heterocycles. The van der Waals surface area contributed by atoms with E-state index in [0.29, 0.717) is 25.7 Å². The highest BCUT2D eigenvalue weighted by Gasteiger charge is 2.58. The number of hydrogen-bond donors (Lipinski definition) is 2. The average molecular weight is 284 g/mol. The van der Waals surface area contributed by atoms with E-state index in [1.54, 1.807) is 0 Å². The molecule has 0 aromatic rings. The van der Waals surface area contributed by atoms with Crippen LogP contribution >= 0.6 is 0 Å². The fourth-order valence-corrected chi connectivity index (χ4v) is 3.67. The van der Waals surface area contributed by atoms with Crippen LogP contribution < -0.4 is 0 Å². The Kier molecular flexibility index (Phi) is 4.03. The van der Waals surface area contributed by atoms with Gasteiger partial charge in [0.25, 0.3) is 0 Å². The maximum absolute atomic E-state index is 11.8. The quantitative estimate of drug-likeness (QED) is 0.809. The smallest absolute Gasteiger partial charge is 0.310 e. The van der Waals surface area contributed by atoms with Crippen LogP contribution in [0.3, 0.4) is 0 Å². The lowest BCUT2D eigenvalue weighted by Crippen LogP contribution is -2.53. The fourth-order valence-electron chi connectivity index (χ4n) is 3.67. The van der Waals surface area contributed by atoms with E-state index in [0.717, 1.165) is 0 Å². The first-order valence-corrected chi connectivity index (χ1v) is 7.27. The highest BCUT2D eigenvalue weighted by molar-refractivity contribution is 5.79. The van der Waals surface area contributed by atoms with Crippen molar-refractivity contribution in [2.45, 2.75) is 67.2 Å². The molecule has 0 atom stereocenters. The summed E-state index contributed by atoms with van der Waals surface area (Å²) >= 11 is 0. The molecule has 0 unspecified atom stereocenters. The summed E-state index contributed by atoms with van der Waals surface area (Å²) in [4.78, 5) is 23.6. The Hall–Kier alpha value is -1.06. The Morgan fingerprint density at radius 3 is 1.00 bits per heavy atom. The van der Waals surface area contributed by atoms with E-state index < -0.39 is 22.8 Å². The minimum Gasteiger partial charge on any atom is -0.481 e. The number of carbonyl (C=O) groups is 2. The standard InChI is InChI=1S/C16H28O4/c1-13(2,3)15(11(17)18)7-9-16(10-8-15,12(19)20)14(4,5)6/h7-10H2,1-6H3,(H,17,18)(H,19,20). The second-order valence-corrected chi connectivity index (χ2v) is 8.27. The van der Waals surface area contributed by atoms with Crippen molar-refractivity contribution >= 4 is 11.9 Å². The number of aliphatic carboxylic acids is 2. The summed E-state index contributed by atoms with van der Waals surface area (Å²) in [7, 11) is 0. The van der Waals surface area contributed by atoms with Crippen molar-refractivity contribution < 1.29 is 19.8 Å². The molecule has 20 heavy (non-hydrogen) atoms. The van der Waals surface area contributed by atoms with Gasteiger partial charge in [-0.2, -0.15) is 0 Å². The van der Waals surface area contributed by atoms with Crippen molar-refractivity contribution in [2.24, 2.45) is 21.7 Å². The molecule has 2 N–H and O–H groups in total. The highest BCUT2D eigenvalue weighted by atomic mass is 16.4. The Morgan fingerprint density at radius 1 is 0.700 bits per heavy atom. The van der Waals surface area contributed by atoms with Gasteiger partial charge >= 0.3 is 11.9 Å². The molecule has 0 aromatic carbocycles. The molecule has 4 heteroatoms. The van der Waals surface area contributed by atoms with Crippen molar-refractivity contribution in [2.75, 3.05) is 0 Å². The number of carboxylic acid groups (broad SMARTS) is 2. The predicted octanol–water partition coefficient (Wildman–Crippen LogP) is 3.79. The molecule has 0 amide bonds. The Bertz CT molecular complexity index is 361. The van der Waals surface area contributed by atoms with Crippen LogP contribution in [0.2, 0.25) is 0 Å². The lowest BCUT2D eigenvalue weighted by Gasteiger charge is -2.52.